The van der Waals surface area contributed by atoms with Gasteiger partial charge >= 0.3 is 0 Å². The molecule has 0 bridgehead atoms. The second-order valence-corrected chi connectivity index (χ2v) is 5.56. The molecule has 0 atom stereocenters. The van der Waals surface area contributed by atoms with Gasteiger partial charge in [-0.3, -0.25) is 4.79 Å². The first-order valence-electron chi connectivity index (χ1n) is 6.96. The van der Waals surface area contributed by atoms with Crippen molar-refractivity contribution in [1.82, 2.24) is 5.32 Å². The molecule has 0 fully saturated rings. The molecular formula is C17H19NO3S. The summed E-state index contributed by atoms with van der Waals surface area (Å²) in [7, 11) is 1.62. The number of carbonyl (C=O) groups is 1. The zero-order chi connectivity index (χ0) is 15.8. The molecule has 0 spiro atoms. The molecule has 2 aromatic rings. The Hall–Kier alpha value is -2.27. The van der Waals surface area contributed by atoms with Crippen molar-refractivity contribution in [3.8, 4) is 11.5 Å². The second kappa shape index (κ2) is 8.24. The second-order valence-electron chi connectivity index (χ2n) is 4.62. The van der Waals surface area contributed by atoms with Gasteiger partial charge in [0.15, 0.2) is 0 Å². The lowest BCUT2D eigenvalue weighted by molar-refractivity contribution is -0.116. The Morgan fingerprint density at radius 2 is 1.95 bits per heavy atom. The van der Waals surface area contributed by atoms with E-state index < -0.39 is 0 Å². The Balaban J connectivity index is 1.68. The van der Waals surface area contributed by atoms with E-state index in [4.69, 9.17) is 9.47 Å². The molecule has 1 N–H and O–H groups in total. The summed E-state index contributed by atoms with van der Waals surface area (Å²) in [5, 5.41) is 4.80. The maximum absolute atomic E-state index is 11.7. The molecule has 0 radical (unpaired) electrons. The maximum atomic E-state index is 11.7. The number of hydrogen-bond acceptors (Lipinski definition) is 4. The van der Waals surface area contributed by atoms with Crippen LogP contribution in [0.15, 0.2) is 41.8 Å². The number of ether oxygens (including phenoxy) is 2. The molecule has 116 valence electrons. The number of rotatable bonds is 7. The normalized spacial score (nSPS) is 10.6. The van der Waals surface area contributed by atoms with Crippen LogP contribution in [0.2, 0.25) is 0 Å². The molecule has 0 unspecified atom stereocenters. The smallest absolute Gasteiger partial charge is 0.244 e. The Labute approximate surface area is 134 Å². The van der Waals surface area contributed by atoms with E-state index in [0.29, 0.717) is 13.2 Å². The molecule has 1 aromatic carbocycles. The van der Waals surface area contributed by atoms with Gasteiger partial charge in [0.1, 0.15) is 18.1 Å². The van der Waals surface area contributed by atoms with E-state index in [0.717, 1.165) is 16.4 Å². The highest BCUT2D eigenvalue weighted by atomic mass is 32.1. The van der Waals surface area contributed by atoms with Crippen molar-refractivity contribution >= 4 is 23.3 Å². The Morgan fingerprint density at radius 1 is 1.23 bits per heavy atom. The molecule has 1 amide bonds. The summed E-state index contributed by atoms with van der Waals surface area (Å²) in [5.41, 5.74) is 1.18. The summed E-state index contributed by atoms with van der Waals surface area (Å²) >= 11 is 1.62. The van der Waals surface area contributed by atoms with Crippen LogP contribution in [-0.4, -0.2) is 26.2 Å². The fraction of sp³-hybridized carbons (Fsp3) is 0.235. The Kier molecular flexibility index (Phi) is 6.03. The number of benzene rings is 1. The average molecular weight is 317 g/mol. The van der Waals surface area contributed by atoms with Crippen molar-refractivity contribution in [2.24, 2.45) is 0 Å². The summed E-state index contributed by atoms with van der Waals surface area (Å²) < 4.78 is 10.6. The fourth-order valence-electron chi connectivity index (χ4n) is 1.78. The van der Waals surface area contributed by atoms with Crippen LogP contribution in [0.5, 0.6) is 11.5 Å². The van der Waals surface area contributed by atoms with E-state index in [2.05, 4.69) is 5.32 Å². The SMILES string of the molecule is COc1ccc(OCCNC(=O)/C=C/c2sccc2C)cc1. The standard InChI is InChI=1S/C17H19NO3S/c1-13-9-12-22-16(13)7-8-17(19)18-10-11-21-15-5-3-14(20-2)4-6-15/h3-9,12H,10-11H2,1-2H3,(H,18,19)/b8-7+. The lowest BCUT2D eigenvalue weighted by atomic mass is 10.3. The molecule has 2 rings (SSSR count). The van der Waals surface area contributed by atoms with E-state index in [1.807, 2.05) is 48.7 Å². The van der Waals surface area contributed by atoms with Crippen molar-refractivity contribution in [1.29, 1.82) is 0 Å². The zero-order valence-electron chi connectivity index (χ0n) is 12.7. The third kappa shape index (κ3) is 4.93. The first-order valence-corrected chi connectivity index (χ1v) is 7.84. The number of amides is 1. The van der Waals surface area contributed by atoms with Gasteiger partial charge in [-0.1, -0.05) is 0 Å². The quantitative estimate of drug-likeness (QED) is 0.630. The summed E-state index contributed by atoms with van der Waals surface area (Å²) in [6, 6.07) is 9.37. The van der Waals surface area contributed by atoms with Crippen molar-refractivity contribution in [2.75, 3.05) is 20.3 Å². The number of methoxy groups -OCH3 is 1. The highest BCUT2D eigenvalue weighted by Gasteiger charge is 1.99. The maximum Gasteiger partial charge on any atom is 0.244 e. The van der Waals surface area contributed by atoms with Gasteiger partial charge in [0.05, 0.1) is 13.7 Å². The van der Waals surface area contributed by atoms with Crippen LogP contribution in [0.3, 0.4) is 0 Å². The van der Waals surface area contributed by atoms with Gasteiger partial charge in [-0.25, -0.2) is 0 Å². The molecule has 0 saturated heterocycles. The van der Waals surface area contributed by atoms with Gasteiger partial charge in [-0.2, -0.15) is 0 Å². The van der Waals surface area contributed by atoms with Crippen molar-refractivity contribution in [3.63, 3.8) is 0 Å². The van der Waals surface area contributed by atoms with Crippen molar-refractivity contribution in [2.45, 2.75) is 6.92 Å². The number of carbonyl (C=O) groups excluding carboxylic acids is 1. The fourth-order valence-corrected chi connectivity index (χ4v) is 2.60. The van der Waals surface area contributed by atoms with E-state index in [9.17, 15) is 4.79 Å². The highest BCUT2D eigenvalue weighted by Crippen LogP contribution is 2.17. The highest BCUT2D eigenvalue weighted by molar-refractivity contribution is 7.11. The van der Waals surface area contributed by atoms with Crippen molar-refractivity contribution in [3.05, 3.63) is 52.2 Å². The number of aryl methyl sites for hydroxylation is 1. The number of hydrogen-bond donors (Lipinski definition) is 1. The van der Waals surface area contributed by atoms with E-state index >= 15 is 0 Å². The van der Waals surface area contributed by atoms with Crippen LogP contribution in [0.1, 0.15) is 10.4 Å². The third-order valence-corrected chi connectivity index (χ3v) is 4.00. The lowest BCUT2D eigenvalue weighted by Gasteiger charge is -2.07. The summed E-state index contributed by atoms with van der Waals surface area (Å²) in [6.07, 6.45) is 3.38. The predicted molar refractivity (Wildman–Crippen MR) is 89.6 cm³/mol. The first kappa shape index (κ1) is 16.1. The monoisotopic (exact) mass is 317 g/mol. The van der Waals surface area contributed by atoms with Crippen LogP contribution in [0.4, 0.5) is 0 Å². The van der Waals surface area contributed by atoms with Crippen molar-refractivity contribution < 1.29 is 14.3 Å². The van der Waals surface area contributed by atoms with E-state index in [-0.39, 0.29) is 5.91 Å². The Morgan fingerprint density at radius 3 is 2.59 bits per heavy atom. The van der Waals surface area contributed by atoms with Crippen LogP contribution in [0.25, 0.3) is 6.08 Å². The first-order chi connectivity index (χ1) is 10.7. The molecule has 5 heteroatoms. The Bertz CT molecular complexity index is 632. The van der Waals surface area contributed by atoms with Crippen LogP contribution in [0, 0.1) is 6.92 Å². The number of thiophene rings is 1. The third-order valence-electron chi connectivity index (χ3n) is 3.02. The summed E-state index contributed by atoms with van der Waals surface area (Å²) in [5.74, 6) is 1.42. The minimum Gasteiger partial charge on any atom is -0.497 e. The summed E-state index contributed by atoms with van der Waals surface area (Å²) in [4.78, 5) is 12.8. The molecule has 22 heavy (non-hydrogen) atoms. The van der Waals surface area contributed by atoms with E-state index in [1.54, 1.807) is 24.5 Å². The van der Waals surface area contributed by atoms with Crippen LogP contribution >= 0.6 is 11.3 Å². The lowest BCUT2D eigenvalue weighted by Crippen LogP contribution is -2.26. The molecule has 1 aromatic heterocycles. The minimum atomic E-state index is -0.119. The molecule has 4 nitrogen and oxygen atoms in total. The molecule has 0 aliphatic carbocycles. The van der Waals surface area contributed by atoms with Gasteiger partial charge in [0, 0.05) is 11.0 Å². The molecule has 0 aliphatic rings. The molecule has 0 aliphatic heterocycles. The largest absolute Gasteiger partial charge is 0.497 e. The van der Waals surface area contributed by atoms with Gasteiger partial charge in [-0.15, -0.1) is 11.3 Å². The van der Waals surface area contributed by atoms with Crippen LogP contribution < -0.4 is 14.8 Å². The average Bonchev–Trinajstić information content (AvgIpc) is 2.95. The van der Waals surface area contributed by atoms with Gasteiger partial charge in [0.25, 0.3) is 0 Å². The van der Waals surface area contributed by atoms with Gasteiger partial charge < -0.3 is 14.8 Å². The number of nitrogens with one attached hydrogen (secondary N) is 1. The van der Waals surface area contributed by atoms with Gasteiger partial charge in [0.2, 0.25) is 5.91 Å². The zero-order valence-corrected chi connectivity index (χ0v) is 13.5. The topological polar surface area (TPSA) is 47.6 Å². The predicted octanol–water partition coefficient (Wildman–Crippen LogP) is 3.27. The summed E-state index contributed by atoms with van der Waals surface area (Å²) in [6.45, 7) is 2.90. The minimum absolute atomic E-state index is 0.119. The molecular weight excluding hydrogens is 298 g/mol. The van der Waals surface area contributed by atoms with Crippen LogP contribution in [-0.2, 0) is 4.79 Å². The molecule has 1 heterocycles. The molecule has 0 saturated carbocycles. The van der Waals surface area contributed by atoms with Gasteiger partial charge in [-0.05, 0) is 54.3 Å². The van der Waals surface area contributed by atoms with E-state index in [1.165, 1.54) is 5.56 Å².